The van der Waals surface area contributed by atoms with Crippen LogP contribution in [-0.4, -0.2) is 10.2 Å². The Bertz CT molecular complexity index is 427. The first kappa shape index (κ1) is 10.9. The second-order valence-electron chi connectivity index (χ2n) is 4.09. The van der Waals surface area contributed by atoms with Gasteiger partial charge >= 0.3 is 0 Å². The molecule has 1 heterocycles. The van der Waals surface area contributed by atoms with Crippen molar-refractivity contribution in [3.63, 3.8) is 0 Å². The lowest BCUT2D eigenvalue weighted by Gasteiger charge is -2.07. The molecule has 0 aliphatic heterocycles. The minimum absolute atomic E-state index is 0.602. The molecule has 0 spiro atoms. The maximum Gasteiger partial charge on any atom is 0.0923 e. The Hall–Kier alpha value is -1.57. The monoisotopic (exact) mass is 214 g/mol. The Morgan fingerprint density at radius 1 is 1.12 bits per heavy atom. The van der Waals surface area contributed by atoms with Gasteiger partial charge in [-0.15, -0.1) is 0 Å². The van der Waals surface area contributed by atoms with Crippen molar-refractivity contribution >= 4 is 0 Å². The summed E-state index contributed by atoms with van der Waals surface area (Å²) in [6.45, 7) is 4.44. The third kappa shape index (κ3) is 2.16. The molecule has 1 N–H and O–H groups in total. The van der Waals surface area contributed by atoms with Crippen LogP contribution in [0.5, 0.6) is 0 Å². The van der Waals surface area contributed by atoms with E-state index in [-0.39, 0.29) is 0 Å². The average molecular weight is 214 g/mol. The number of aromatic nitrogens is 2. The standard InChI is InChI=1S/C14H18N2/c1-3-11(4-2)13-10-14(16-15-13)12-8-6-5-7-9-12/h5-11H,3-4H2,1-2H3,(H,15,16). The van der Waals surface area contributed by atoms with Crippen LogP contribution in [0.1, 0.15) is 38.3 Å². The smallest absolute Gasteiger partial charge is 0.0923 e. The first-order valence-corrected chi connectivity index (χ1v) is 5.95. The number of benzene rings is 1. The van der Waals surface area contributed by atoms with Crippen molar-refractivity contribution in [2.75, 3.05) is 0 Å². The molecule has 2 aromatic rings. The molecule has 2 heteroatoms. The van der Waals surface area contributed by atoms with Gasteiger partial charge in [0.05, 0.1) is 5.69 Å². The quantitative estimate of drug-likeness (QED) is 0.819. The molecular formula is C14H18N2. The van der Waals surface area contributed by atoms with Crippen LogP contribution in [0.25, 0.3) is 11.3 Å². The van der Waals surface area contributed by atoms with Crippen molar-refractivity contribution in [1.82, 2.24) is 10.2 Å². The van der Waals surface area contributed by atoms with Crippen LogP contribution in [-0.2, 0) is 0 Å². The fourth-order valence-corrected chi connectivity index (χ4v) is 2.03. The highest BCUT2D eigenvalue weighted by atomic mass is 15.1. The van der Waals surface area contributed by atoms with Crippen LogP contribution in [0.4, 0.5) is 0 Å². The maximum atomic E-state index is 4.38. The zero-order valence-corrected chi connectivity index (χ0v) is 9.90. The molecule has 1 aromatic carbocycles. The van der Waals surface area contributed by atoms with Gasteiger partial charge < -0.3 is 0 Å². The first-order valence-electron chi connectivity index (χ1n) is 5.95. The Labute approximate surface area is 96.7 Å². The van der Waals surface area contributed by atoms with E-state index in [1.165, 1.54) is 11.3 Å². The number of aromatic amines is 1. The highest BCUT2D eigenvalue weighted by molar-refractivity contribution is 5.59. The van der Waals surface area contributed by atoms with Crippen LogP contribution in [0.3, 0.4) is 0 Å². The molecule has 0 bridgehead atoms. The zero-order chi connectivity index (χ0) is 11.4. The van der Waals surface area contributed by atoms with E-state index in [1.807, 2.05) is 18.2 Å². The highest BCUT2D eigenvalue weighted by Crippen LogP contribution is 2.25. The van der Waals surface area contributed by atoms with Crippen LogP contribution < -0.4 is 0 Å². The van der Waals surface area contributed by atoms with Gasteiger partial charge in [0.1, 0.15) is 0 Å². The minimum Gasteiger partial charge on any atom is -0.282 e. The molecule has 2 nitrogen and oxygen atoms in total. The Morgan fingerprint density at radius 2 is 1.81 bits per heavy atom. The van der Waals surface area contributed by atoms with Crippen LogP contribution in [0.2, 0.25) is 0 Å². The predicted molar refractivity (Wildman–Crippen MR) is 67.3 cm³/mol. The third-order valence-corrected chi connectivity index (χ3v) is 3.09. The summed E-state index contributed by atoms with van der Waals surface area (Å²) in [4.78, 5) is 0. The minimum atomic E-state index is 0.602. The van der Waals surface area contributed by atoms with E-state index < -0.39 is 0 Å². The molecule has 0 aliphatic carbocycles. The van der Waals surface area contributed by atoms with E-state index in [0.717, 1.165) is 18.5 Å². The largest absolute Gasteiger partial charge is 0.282 e. The molecule has 84 valence electrons. The molecule has 0 unspecified atom stereocenters. The Balaban J connectivity index is 2.26. The van der Waals surface area contributed by atoms with E-state index >= 15 is 0 Å². The molecular weight excluding hydrogens is 196 g/mol. The summed E-state index contributed by atoms with van der Waals surface area (Å²) in [7, 11) is 0. The summed E-state index contributed by atoms with van der Waals surface area (Å²) in [5.74, 6) is 0.602. The highest BCUT2D eigenvalue weighted by Gasteiger charge is 2.10. The summed E-state index contributed by atoms with van der Waals surface area (Å²) in [5, 5.41) is 7.53. The maximum absolute atomic E-state index is 4.38. The number of nitrogens with one attached hydrogen (secondary N) is 1. The van der Waals surface area contributed by atoms with E-state index in [4.69, 9.17) is 0 Å². The van der Waals surface area contributed by atoms with Gasteiger partial charge in [-0.3, -0.25) is 5.10 Å². The fourth-order valence-electron chi connectivity index (χ4n) is 2.03. The van der Waals surface area contributed by atoms with Gasteiger partial charge in [-0.05, 0) is 18.9 Å². The SMILES string of the molecule is CCC(CC)c1cc(-c2ccccc2)n[nH]1. The van der Waals surface area contributed by atoms with E-state index in [2.05, 4.69) is 42.2 Å². The molecule has 0 radical (unpaired) electrons. The van der Waals surface area contributed by atoms with Gasteiger partial charge in [0.25, 0.3) is 0 Å². The summed E-state index contributed by atoms with van der Waals surface area (Å²) >= 11 is 0. The fraction of sp³-hybridized carbons (Fsp3) is 0.357. The molecule has 0 saturated heterocycles. The van der Waals surface area contributed by atoms with Crippen molar-refractivity contribution in [3.8, 4) is 11.3 Å². The van der Waals surface area contributed by atoms with Gasteiger partial charge in [-0.2, -0.15) is 5.10 Å². The molecule has 0 fully saturated rings. The van der Waals surface area contributed by atoms with Crippen molar-refractivity contribution in [2.45, 2.75) is 32.6 Å². The average Bonchev–Trinajstić information content (AvgIpc) is 2.81. The molecule has 16 heavy (non-hydrogen) atoms. The molecule has 1 aromatic heterocycles. The first-order chi connectivity index (χ1) is 7.85. The number of rotatable bonds is 4. The summed E-state index contributed by atoms with van der Waals surface area (Å²) in [6, 6.07) is 12.5. The number of H-pyrrole nitrogens is 1. The Kier molecular flexibility index (Phi) is 3.40. The summed E-state index contributed by atoms with van der Waals surface area (Å²) < 4.78 is 0. The lowest BCUT2D eigenvalue weighted by atomic mass is 9.99. The third-order valence-electron chi connectivity index (χ3n) is 3.09. The van der Waals surface area contributed by atoms with Crippen molar-refractivity contribution in [3.05, 3.63) is 42.1 Å². The lowest BCUT2D eigenvalue weighted by molar-refractivity contribution is 0.621. The van der Waals surface area contributed by atoms with Crippen molar-refractivity contribution in [1.29, 1.82) is 0 Å². The van der Waals surface area contributed by atoms with Crippen LogP contribution in [0.15, 0.2) is 36.4 Å². The van der Waals surface area contributed by atoms with E-state index in [1.54, 1.807) is 0 Å². The topological polar surface area (TPSA) is 28.7 Å². The molecule has 2 rings (SSSR count). The van der Waals surface area contributed by atoms with E-state index in [0.29, 0.717) is 5.92 Å². The molecule has 0 saturated carbocycles. The number of hydrogen-bond acceptors (Lipinski definition) is 1. The number of hydrogen-bond donors (Lipinski definition) is 1. The molecule has 0 atom stereocenters. The van der Waals surface area contributed by atoms with E-state index in [9.17, 15) is 0 Å². The van der Waals surface area contributed by atoms with Gasteiger partial charge in [0.15, 0.2) is 0 Å². The lowest BCUT2D eigenvalue weighted by Crippen LogP contribution is -1.95. The van der Waals surface area contributed by atoms with Crippen LogP contribution >= 0.6 is 0 Å². The predicted octanol–water partition coefficient (Wildman–Crippen LogP) is 3.98. The summed E-state index contributed by atoms with van der Waals surface area (Å²) in [5.41, 5.74) is 3.47. The Morgan fingerprint density at radius 3 is 2.44 bits per heavy atom. The summed E-state index contributed by atoms with van der Waals surface area (Å²) in [6.07, 6.45) is 2.32. The molecule has 0 aliphatic rings. The molecule has 0 amide bonds. The van der Waals surface area contributed by atoms with Gasteiger partial charge in [0, 0.05) is 17.2 Å². The van der Waals surface area contributed by atoms with Gasteiger partial charge in [-0.25, -0.2) is 0 Å². The van der Waals surface area contributed by atoms with Gasteiger partial charge in [0.2, 0.25) is 0 Å². The van der Waals surface area contributed by atoms with Crippen molar-refractivity contribution < 1.29 is 0 Å². The number of nitrogens with zero attached hydrogens (tertiary/aromatic N) is 1. The van der Waals surface area contributed by atoms with Crippen LogP contribution in [0, 0.1) is 0 Å². The second-order valence-corrected chi connectivity index (χ2v) is 4.09. The zero-order valence-electron chi connectivity index (χ0n) is 9.90. The van der Waals surface area contributed by atoms with Gasteiger partial charge in [-0.1, -0.05) is 44.2 Å². The normalized spacial score (nSPS) is 10.9. The second kappa shape index (κ2) is 4.97. The van der Waals surface area contributed by atoms with Crippen molar-refractivity contribution in [2.24, 2.45) is 0 Å².